The number of carboxylic acids is 1. The zero-order valence-corrected chi connectivity index (χ0v) is 7.18. The summed E-state index contributed by atoms with van der Waals surface area (Å²) in [6, 6.07) is 1.42. The molecule has 0 fully saturated rings. The lowest BCUT2D eigenvalue weighted by atomic mass is 10.2. The summed E-state index contributed by atoms with van der Waals surface area (Å²) in [5.74, 6) is -1.00. The molecular formula is C7H5N3O2S. The van der Waals surface area contributed by atoms with Crippen molar-refractivity contribution >= 4 is 29.4 Å². The molecule has 0 aliphatic heterocycles. The number of carboxylic acid groups (broad SMARTS) is 1. The average molecular weight is 195 g/mol. The molecule has 66 valence electrons. The molecule has 2 heterocycles. The second kappa shape index (κ2) is 2.67. The lowest BCUT2D eigenvalue weighted by Crippen LogP contribution is -1.97. The fourth-order valence-corrected chi connectivity index (χ4v) is 1.31. The topological polar surface area (TPSA) is 81.8 Å². The van der Waals surface area contributed by atoms with Crippen LogP contribution < -0.4 is 0 Å². The van der Waals surface area contributed by atoms with Crippen molar-refractivity contribution < 1.29 is 9.90 Å². The van der Waals surface area contributed by atoms with Crippen LogP contribution in [0.2, 0.25) is 0 Å². The van der Waals surface area contributed by atoms with Crippen LogP contribution in [0.15, 0.2) is 12.3 Å². The molecule has 0 saturated heterocycles. The van der Waals surface area contributed by atoms with E-state index >= 15 is 0 Å². The van der Waals surface area contributed by atoms with E-state index in [1.165, 1.54) is 12.3 Å². The summed E-state index contributed by atoms with van der Waals surface area (Å²) in [5.41, 5.74) is 1.06. The predicted octanol–water partition coefficient (Wildman–Crippen LogP) is 1.32. The van der Waals surface area contributed by atoms with E-state index in [1.807, 2.05) is 0 Å². The maximum atomic E-state index is 10.7. The van der Waals surface area contributed by atoms with Gasteiger partial charge in [-0.05, 0) is 18.3 Å². The summed E-state index contributed by atoms with van der Waals surface area (Å²) in [7, 11) is 0. The Balaban J connectivity index is 2.90. The van der Waals surface area contributed by atoms with Gasteiger partial charge in [0.1, 0.15) is 0 Å². The molecule has 3 N–H and O–H groups in total. The number of H-pyrrole nitrogens is 2. The quantitative estimate of drug-likeness (QED) is 0.599. The first-order valence-electron chi connectivity index (χ1n) is 3.49. The van der Waals surface area contributed by atoms with Crippen LogP contribution in [0.3, 0.4) is 0 Å². The third-order valence-electron chi connectivity index (χ3n) is 1.65. The van der Waals surface area contributed by atoms with Crippen molar-refractivity contribution in [2.45, 2.75) is 0 Å². The van der Waals surface area contributed by atoms with Crippen LogP contribution in [0.5, 0.6) is 0 Å². The van der Waals surface area contributed by atoms with Crippen LogP contribution in [0.25, 0.3) is 11.2 Å². The van der Waals surface area contributed by atoms with Crippen LogP contribution in [0.1, 0.15) is 10.4 Å². The smallest absolute Gasteiger partial charge is 0.338 e. The largest absolute Gasteiger partial charge is 0.478 e. The van der Waals surface area contributed by atoms with Gasteiger partial charge < -0.3 is 15.1 Å². The Hall–Kier alpha value is -1.69. The van der Waals surface area contributed by atoms with E-state index in [0.29, 0.717) is 15.9 Å². The van der Waals surface area contributed by atoms with E-state index in [9.17, 15) is 4.79 Å². The van der Waals surface area contributed by atoms with Gasteiger partial charge in [-0.3, -0.25) is 0 Å². The molecule has 2 aromatic heterocycles. The van der Waals surface area contributed by atoms with Crippen LogP contribution in [0, 0.1) is 4.77 Å². The van der Waals surface area contributed by atoms with Crippen molar-refractivity contribution in [2.24, 2.45) is 0 Å². The number of hydrogen-bond donors (Lipinski definition) is 3. The predicted molar refractivity (Wildman–Crippen MR) is 48.2 cm³/mol. The number of fused-ring (bicyclic) bond motifs is 1. The Labute approximate surface area is 77.4 Å². The lowest BCUT2D eigenvalue weighted by molar-refractivity contribution is 0.0699. The van der Waals surface area contributed by atoms with Crippen molar-refractivity contribution in [1.82, 2.24) is 15.0 Å². The number of nitrogens with one attached hydrogen (secondary N) is 2. The fraction of sp³-hybridized carbons (Fsp3) is 0. The highest BCUT2D eigenvalue weighted by molar-refractivity contribution is 7.71. The first-order chi connectivity index (χ1) is 6.18. The van der Waals surface area contributed by atoms with E-state index in [4.69, 9.17) is 17.3 Å². The number of hydrogen-bond acceptors (Lipinski definition) is 3. The number of pyridine rings is 1. The monoisotopic (exact) mass is 195 g/mol. The fourth-order valence-electron chi connectivity index (χ4n) is 1.11. The first kappa shape index (κ1) is 7.93. The summed E-state index contributed by atoms with van der Waals surface area (Å²) >= 11 is 4.82. The van der Waals surface area contributed by atoms with Crippen molar-refractivity contribution in [2.75, 3.05) is 0 Å². The van der Waals surface area contributed by atoms with Gasteiger partial charge in [-0.25, -0.2) is 9.78 Å². The second-order valence-electron chi connectivity index (χ2n) is 2.47. The molecule has 0 unspecified atom stereocenters. The summed E-state index contributed by atoms with van der Waals surface area (Å²) in [4.78, 5) is 20.1. The zero-order valence-electron chi connectivity index (χ0n) is 6.37. The number of rotatable bonds is 1. The molecule has 0 amide bonds. The lowest BCUT2D eigenvalue weighted by Gasteiger charge is -1.93. The number of aromatic nitrogens is 3. The Morgan fingerprint density at radius 1 is 1.54 bits per heavy atom. The summed E-state index contributed by atoms with van der Waals surface area (Å²) in [6.07, 6.45) is 1.42. The maximum absolute atomic E-state index is 10.7. The highest BCUT2D eigenvalue weighted by Crippen LogP contribution is 2.12. The molecule has 5 nitrogen and oxygen atoms in total. The number of nitrogens with zero attached hydrogens (tertiary/aromatic N) is 1. The van der Waals surface area contributed by atoms with Crippen molar-refractivity contribution in [3.63, 3.8) is 0 Å². The summed E-state index contributed by atoms with van der Waals surface area (Å²) in [6.45, 7) is 0. The summed E-state index contributed by atoms with van der Waals surface area (Å²) < 4.78 is 0.371. The van der Waals surface area contributed by atoms with Gasteiger partial charge >= 0.3 is 5.97 Å². The van der Waals surface area contributed by atoms with Gasteiger partial charge in [0.2, 0.25) is 0 Å². The molecule has 13 heavy (non-hydrogen) atoms. The van der Waals surface area contributed by atoms with Crippen molar-refractivity contribution in [1.29, 1.82) is 0 Å². The molecule has 2 aromatic rings. The van der Waals surface area contributed by atoms with Gasteiger partial charge in [0.15, 0.2) is 10.4 Å². The van der Waals surface area contributed by atoms with Crippen LogP contribution in [0.4, 0.5) is 0 Å². The standard InChI is InChI=1S/C7H5N3O2S/c11-6(12)3-1-2-8-5-4(3)9-7(13)10-5/h1-2H,(H,11,12)(H2,8,9,10,13). The maximum Gasteiger partial charge on any atom is 0.338 e. The third kappa shape index (κ3) is 1.20. The Morgan fingerprint density at radius 2 is 2.31 bits per heavy atom. The molecule has 0 aliphatic rings. The molecule has 6 heteroatoms. The number of carbonyl (C=O) groups is 1. The number of aromatic amines is 2. The minimum absolute atomic E-state index is 0.164. The molecule has 2 rings (SSSR count). The highest BCUT2D eigenvalue weighted by atomic mass is 32.1. The molecule has 0 atom stereocenters. The molecule has 0 radical (unpaired) electrons. The molecule has 0 aliphatic carbocycles. The van der Waals surface area contributed by atoms with Gasteiger partial charge in [-0.2, -0.15) is 0 Å². The molecule has 0 bridgehead atoms. The molecule has 0 saturated carbocycles. The SMILES string of the molecule is O=C(O)c1ccnc2[nH]c(=S)[nH]c12. The number of aromatic carboxylic acids is 1. The second-order valence-corrected chi connectivity index (χ2v) is 2.87. The van der Waals surface area contributed by atoms with E-state index in [0.717, 1.165) is 0 Å². The van der Waals surface area contributed by atoms with E-state index in [1.54, 1.807) is 0 Å². The Morgan fingerprint density at radius 3 is 3.00 bits per heavy atom. The minimum Gasteiger partial charge on any atom is -0.478 e. The molecule has 0 aromatic carbocycles. The van der Waals surface area contributed by atoms with Crippen LogP contribution in [-0.4, -0.2) is 26.0 Å². The molecule has 0 spiro atoms. The van der Waals surface area contributed by atoms with E-state index in [-0.39, 0.29) is 5.56 Å². The highest BCUT2D eigenvalue weighted by Gasteiger charge is 2.09. The van der Waals surface area contributed by atoms with Crippen molar-refractivity contribution in [3.8, 4) is 0 Å². The van der Waals surface area contributed by atoms with Gasteiger partial charge in [-0.1, -0.05) is 0 Å². The minimum atomic E-state index is -1.00. The van der Waals surface area contributed by atoms with E-state index in [2.05, 4.69) is 15.0 Å². The zero-order chi connectivity index (χ0) is 9.42. The third-order valence-corrected chi connectivity index (χ3v) is 1.86. The van der Waals surface area contributed by atoms with Crippen LogP contribution >= 0.6 is 12.2 Å². The molecular weight excluding hydrogens is 190 g/mol. The average Bonchev–Trinajstić information content (AvgIpc) is 2.43. The van der Waals surface area contributed by atoms with E-state index < -0.39 is 5.97 Å². The van der Waals surface area contributed by atoms with Gasteiger partial charge in [0.25, 0.3) is 0 Å². The Bertz CT molecular complexity index is 528. The summed E-state index contributed by atoms with van der Waals surface area (Å²) in [5, 5.41) is 8.80. The number of imidazole rings is 1. The Kier molecular flexibility index (Phi) is 1.63. The van der Waals surface area contributed by atoms with Gasteiger partial charge in [0, 0.05) is 6.20 Å². The first-order valence-corrected chi connectivity index (χ1v) is 3.89. The van der Waals surface area contributed by atoms with Gasteiger partial charge in [0.05, 0.1) is 11.1 Å². The van der Waals surface area contributed by atoms with Gasteiger partial charge in [-0.15, -0.1) is 0 Å². The van der Waals surface area contributed by atoms with Crippen LogP contribution in [-0.2, 0) is 0 Å². The normalized spacial score (nSPS) is 10.5. The van der Waals surface area contributed by atoms with Crippen molar-refractivity contribution in [3.05, 3.63) is 22.6 Å².